The van der Waals surface area contributed by atoms with Crippen LogP contribution in [0.2, 0.25) is 0 Å². The van der Waals surface area contributed by atoms with Gasteiger partial charge in [0.15, 0.2) is 0 Å². The topological polar surface area (TPSA) is 61.8 Å². The molecule has 0 unspecified atom stereocenters. The average molecular weight is 300 g/mol. The zero-order valence-corrected chi connectivity index (χ0v) is 12.3. The van der Waals surface area contributed by atoms with Crippen LogP contribution in [0.4, 0.5) is 0 Å². The van der Waals surface area contributed by atoms with Gasteiger partial charge in [-0.2, -0.15) is 0 Å². The van der Waals surface area contributed by atoms with E-state index in [-0.39, 0.29) is 0 Å². The first-order valence-electron chi connectivity index (χ1n) is 6.72. The second-order valence-electron chi connectivity index (χ2n) is 4.50. The highest BCUT2D eigenvalue weighted by atomic mass is 16.7. The minimum Gasteiger partial charge on any atom is -0.457 e. The standard InChI is InChI=1S/C17H16O5/c1-12(18)20-17(21-13(2)19)15-10-6-7-11-16(15)22-14-8-4-3-5-9-14/h3-11,17H,1-2H3. The van der Waals surface area contributed by atoms with Crippen LogP contribution < -0.4 is 4.74 Å². The van der Waals surface area contributed by atoms with Gasteiger partial charge < -0.3 is 14.2 Å². The van der Waals surface area contributed by atoms with Gasteiger partial charge in [-0.3, -0.25) is 9.59 Å². The molecule has 0 aliphatic carbocycles. The molecule has 2 aromatic rings. The van der Waals surface area contributed by atoms with Gasteiger partial charge in [0.25, 0.3) is 6.29 Å². The van der Waals surface area contributed by atoms with Gasteiger partial charge in [-0.1, -0.05) is 30.3 Å². The molecule has 22 heavy (non-hydrogen) atoms. The highest BCUT2D eigenvalue weighted by Gasteiger charge is 2.22. The molecule has 0 N–H and O–H groups in total. The molecule has 5 nitrogen and oxygen atoms in total. The fourth-order valence-electron chi connectivity index (χ4n) is 1.84. The van der Waals surface area contributed by atoms with E-state index in [1.54, 1.807) is 36.4 Å². The minimum absolute atomic E-state index is 0.446. The molecule has 5 heteroatoms. The van der Waals surface area contributed by atoms with E-state index in [9.17, 15) is 9.59 Å². The molecular formula is C17H16O5. The van der Waals surface area contributed by atoms with Crippen molar-refractivity contribution in [1.29, 1.82) is 0 Å². The minimum atomic E-state index is -1.14. The number of hydrogen-bond acceptors (Lipinski definition) is 5. The smallest absolute Gasteiger partial charge is 0.305 e. The van der Waals surface area contributed by atoms with Crippen molar-refractivity contribution in [2.75, 3.05) is 0 Å². The van der Waals surface area contributed by atoms with Gasteiger partial charge in [0, 0.05) is 13.8 Å². The molecular weight excluding hydrogens is 284 g/mol. The molecule has 0 saturated heterocycles. The molecule has 2 aromatic carbocycles. The van der Waals surface area contributed by atoms with E-state index in [1.165, 1.54) is 13.8 Å². The van der Waals surface area contributed by atoms with Crippen molar-refractivity contribution < 1.29 is 23.8 Å². The summed E-state index contributed by atoms with van der Waals surface area (Å²) in [6.07, 6.45) is -1.14. The first-order valence-corrected chi connectivity index (χ1v) is 6.72. The highest BCUT2D eigenvalue weighted by Crippen LogP contribution is 2.32. The molecule has 0 fully saturated rings. The van der Waals surface area contributed by atoms with Gasteiger partial charge in [-0.25, -0.2) is 0 Å². The Labute approximate surface area is 128 Å². The van der Waals surface area contributed by atoms with Crippen LogP contribution in [0.25, 0.3) is 0 Å². The summed E-state index contributed by atoms with van der Waals surface area (Å²) in [6, 6.07) is 16.1. The normalized spacial score (nSPS) is 10.1. The maximum Gasteiger partial charge on any atom is 0.305 e. The molecule has 0 aliphatic heterocycles. The van der Waals surface area contributed by atoms with Crippen molar-refractivity contribution in [1.82, 2.24) is 0 Å². The summed E-state index contributed by atoms with van der Waals surface area (Å²) in [6.45, 7) is 2.49. The molecule has 0 atom stereocenters. The maximum atomic E-state index is 11.2. The third kappa shape index (κ3) is 4.34. The second kappa shape index (κ2) is 7.26. The third-order valence-corrected chi connectivity index (χ3v) is 2.69. The SMILES string of the molecule is CC(=O)OC(OC(C)=O)c1ccccc1Oc1ccccc1. The number of para-hydroxylation sites is 2. The summed E-state index contributed by atoms with van der Waals surface area (Å²) in [4.78, 5) is 22.4. The van der Waals surface area contributed by atoms with E-state index in [2.05, 4.69) is 0 Å². The monoisotopic (exact) mass is 300 g/mol. The fraction of sp³-hybridized carbons (Fsp3) is 0.176. The predicted octanol–water partition coefficient (Wildman–Crippen LogP) is 3.60. The van der Waals surface area contributed by atoms with Crippen molar-refractivity contribution in [2.24, 2.45) is 0 Å². The number of esters is 2. The van der Waals surface area contributed by atoms with Crippen LogP contribution in [-0.4, -0.2) is 11.9 Å². The number of carbonyl (C=O) groups is 2. The number of ether oxygens (including phenoxy) is 3. The fourth-order valence-corrected chi connectivity index (χ4v) is 1.84. The van der Waals surface area contributed by atoms with Crippen LogP contribution in [0.5, 0.6) is 11.5 Å². The summed E-state index contributed by atoms with van der Waals surface area (Å²) >= 11 is 0. The van der Waals surface area contributed by atoms with E-state index in [4.69, 9.17) is 14.2 Å². The van der Waals surface area contributed by atoms with E-state index >= 15 is 0 Å². The average Bonchev–Trinajstić information content (AvgIpc) is 2.47. The van der Waals surface area contributed by atoms with E-state index in [1.807, 2.05) is 18.2 Å². The van der Waals surface area contributed by atoms with Crippen LogP contribution in [0.3, 0.4) is 0 Å². The van der Waals surface area contributed by atoms with Gasteiger partial charge >= 0.3 is 11.9 Å². The van der Waals surface area contributed by atoms with Crippen molar-refractivity contribution >= 4 is 11.9 Å². The summed E-state index contributed by atoms with van der Waals surface area (Å²) in [5.41, 5.74) is 0.455. The summed E-state index contributed by atoms with van der Waals surface area (Å²) in [7, 11) is 0. The number of benzene rings is 2. The molecule has 0 bridgehead atoms. The van der Waals surface area contributed by atoms with Crippen molar-refractivity contribution in [3.8, 4) is 11.5 Å². The Morgan fingerprint density at radius 3 is 1.95 bits per heavy atom. The Hall–Kier alpha value is -2.82. The quantitative estimate of drug-likeness (QED) is 0.623. The van der Waals surface area contributed by atoms with Crippen LogP contribution >= 0.6 is 0 Å². The zero-order chi connectivity index (χ0) is 15.9. The Morgan fingerprint density at radius 2 is 1.36 bits per heavy atom. The van der Waals surface area contributed by atoms with E-state index in [0.717, 1.165) is 0 Å². The molecule has 0 spiro atoms. The summed E-state index contributed by atoms with van der Waals surface area (Å²) < 4.78 is 15.9. The third-order valence-electron chi connectivity index (χ3n) is 2.69. The van der Waals surface area contributed by atoms with Gasteiger partial charge in [0.2, 0.25) is 0 Å². The molecule has 0 radical (unpaired) electrons. The van der Waals surface area contributed by atoms with E-state index in [0.29, 0.717) is 17.1 Å². The van der Waals surface area contributed by atoms with Crippen LogP contribution in [-0.2, 0) is 19.1 Å². The van der Waals surface area contributed by atoms with Crippen molar-refractivity contribution in [3.63, 3.8) is 0 Å². The van der Waals surface area contributed by atoms with Crippen LogP contribution in [0.15, 0.2) is 54.6 Å². The lowest BCUT2D eigenvalue weighted by Crippen LogP contribution is -2.15. The van der Waals surface area contributed by atoms with Crippen LogP contribution in [0.1, 0.15) is 25.7 Å². The molecule has 2 rings (SSSR count). The van der Waals surface area contributed by atoms with Crippen molar-refractivity contribution in [3.05, 3.63) is 60.2 Å². The molecule has 0 aliphatic rings. The Morgan fingerprint density at radius 1 is 0.818 bits per heavy atom. The second-order valence-corrected chi connectivity index (χ2v) is 4.50. The van der Waals surface area contributed by atoms with Gasteiger partial charge in [-0.15, -0.1) is 0 Å². The Kier molecular flexibility index (Phi) is 5.14. The molecule has 0 aromatic heterocycles. The summed E-state index contributed by atoms with van der Waals surface area (Å²) in [5.74, 6) is -0.0397. The molecule has 0 saturated carbocycles. The van der Waals surface area contributed by atoms with Crippen LogP contribution in [0, 0.1) is 0 Å². The number of hydrogen-bond donors (Lipinski definition) is 0. The molecule has 0 heterocycles. The van der Waals surface area contributed by atoms with E-state index < -0.39 is 18.2 Å². The Bertz CT molecular complexity index is 635. The number of rotatable bonds is 5. The summed E-state index contributed by atoms with van der Waals surface area (Å²) in [5, 5.41) is 0. The molecule has 114 valence electrons. The molecule has 0 amide bonds. The van der Waals surface area contributed by atoms with Gasteiger partial charge in [-0.05, 0) is 24.3 Å². The lowest BCUT2D eigenvalue weighted by atomic mass is 10.2. The zero-order valence-electron chi connectivity index (χ0n) is 12.3. The first kappa shape index (κ1) is 15.6. The number of carbonyl (C=O) groups excluding carboxylic acids is 2. The lowest BCUT2D eigenvalue weighted by Gasteiger charge is -2.19. The largest absolute Gasteiger partial charge is 0.457 e. The maximum absolute atomic E-state index is 11.2. The first-order chi connectivity index (χ1) is 10.6. The predicted molar refractivity (Wildman–Crippen MR) is 79.2 cm³/mol. The Balaban J connectivity index is 2.31. The van der Waals surface area contributed by atoms with Gasteiger partial charge in [0.05, 0.1) is 5.56 Å². The van der Waals surface area contributed by atoms with Gasteiger partial charge in [0.1, 0.15) is 11.5 Å². The lowest BCUT2D eigenvalue weighted by molar-refractivity contribution is -0.186. The van der Waals surface area contributed by atoms with Crippen molar-refractivity contribution in [2.45, 2.75) is 20.1 Å². The highest BCUT2D eigenvalue weighted by molar-refractivity contribution is 5.68.